The van der Waals surface area contributed by atoms with E-state index < -0.39 is 5.97 Å². The van der Waals surface area contributed by atoms with E-state index in [1.807, 2.05) is 0 Å². The van der Waals surface area contributed by atoms with Crippen LogP contribution in [0.5, 0.6) is 0 Å². The first kappa shape index (κ1) is 31.3. The third-order valence-electron chi connectivity index (χ3n) is 4.83. The summed E-state index contributed by atoms with van der Waals surface area (Å²) in [5, 5.41) is 11.2. The van der Waals surface area contributed by atoms with Crippen LogP contribution in [0.25, 0.3) is 0 Å². The van der Waals surface area contributed by atoms with Gasteiger partial charge in [-0.1, -0.05) is 12.2 Å². The molecule has 0 aromatic rings. The highest BCUT2D eigenvalue weighted by Crippen LogP contribution is 2.15. The fraction of sp³-hybridized carbons (Fsp3) is 0.833. The molecule has 2 N–H and O–H groups in total. The average molecular weight is 506 g/mol. The van der Waals surface area contributed by atoms with Crippen LogP contribution in [0.1, 0.15) is 38.5 Å². The molecule has 0 radical (unpaired) electrons. The second-order valence-corrected chi connectivity index (χ2v) is 7.75. The molecular weight excluding hydrogens is 462 g/mol. The Morgan fingerprint density at radius 3 is 1.71 bits per heavy atom. The van der Waals surface area contributed by atoms with Gasteiger partial charge in [0.15, 0.2) is 0 Å². The molecule has 0 saturated heterocycles. The van der Waals surface area contributed by atoms with Crippen molar-refractivity contribution in [2.24, 2.45) is 0 Å². The van der Waals surface area contributed by atoms with Crippen LogP contribution in [0.2, 0.25) is 0 Å². The minimum absolute atomic E-state index is 0.00202. The fourth-order valence-corrected chi connectivity index (χ4v) is 3.02. The zero-order chi connectivity index (χ0) is 25.2. The molecule has 1 rings (SSSR count). The Morgan fingerprint density at radius 1 is 0.686 bits per heavy atom. The Balaban J connectivity index is 1.72. The Morgan fingerprint density at radius 2 is 1.17 bits per heavy atom. The normalized spacial score (nSPS) is 16.9. The van der Waals surface area contributed by atoms with Gasteiger partial charge in [-0.15, -0.1) is 0 Å². The maximum atomic E-state index is 11.8. The lowest BCUT2D eigenvalue weighted by molar-refractivity contribution is -0.138. The van der Waals surface area contributed by atoms with Crippen LogP contribution in [0.4, 0.5) is 4.79 Å². The summed E-state index contributed by atoms with van der Waals surface area (Å²) in [5.74, 6) is -0.875. The van der Waals surface area contributed by atoms with Gasteiger partial charge < -0.3 is 43.6 Å². The topological polar surface area (TPSA) is 131 Å². The van der Waals surface area contributed by atoms with E-state index in [2.05, 4.69) is 17.5 Å². The van der Waals surface area contributed by atoms with Crippen molar-refractivity contribution < 1.29 is 47.9 Å². The van der Waals surface area contributed by atoms with Gasteiger partial charge in [0, 0.05) is 6.54 Å². The van der Waals surface area contributed by atoms with Crippen LogP contribution in [0, 0.1) is 0 Å². The zero-order valence-corrected chi connectivity index (χ0v) is 20.8. The van der Waals surface area contributed by atoms with E-state index in [1.54, 1.807) is 0 Å². The maximum absolute atomic E-state index is 11.8. The van der Waals surface area contributed by atoms with Crippen LogP contribution >= 0.6 is 0 Å². The zero-order valence-electron chi connectivity index (χ0n) is 20.8. The molecule has 1 unspecified atom stereocenters. The molecule has 0 saturated carbocycles. The van der Waals surface area contributed by atoms with Crippen LogP contribution in [-0.4, -0.2) is 109 Å². The van der Waals surface area contributed by atoms with Crippen molar-refractivity contribution in [3.63, 3.8) is 0 Å². The Labute approximate surface area is 208 Å². The number of alkyl carbamates (subject to hydrolysis) is 1. The fourth-order valence-electron chi connectivity index (χ4n) is 3.02. The van der Waals surface area contributed by atoms with Gasteiger partial charge in [0.1, 0.15) is 6.10 Å². The third-order valence-corrected chi connectivity index (χ3v) is 4.83. The first-order valence-corrected chi connectivity index (χ1v) is 12.5. The van der Waals surface area contributed by atoms with Crippen molar-refractivity contribution in [2.45, 2.75) is 44.6 Å². The van der Waals surface area contributed by atoms with Crippen molar-refractivity contribution in [3.8, 4) is 0 Å². The number of allylic oxidation sites excluding steroid dienone is 2. The quantitative estimate of drug-likeness (QED) is 0.167. The number of hydrogen-bond acceptors (Lipinski definition) is 9. The van der Waals surface area contributed by atoms with Crippen molar-refractivity contribution in [3.05, 3.63) is 12.2 Å². The van der Waals surface area contributed by atoms with Crippen molar-refractivity contribution in [2.75, 3.05) is 85.8 Å². The average Bonchev–Trinajstić information content (AvgIpc) is 2.81. The van der Waals surface area contributed by atoms with Crippen LogP contribution in [0.3, 0.4) is 0 Å². The Hall–Kier alpha value is -1.76. The molecule has 1 amide bonds. The minimum atomic E-state index is -0.875. The number of nitrogens with one attached hydrogen (secondary N) is 1. The summed E-state index contributed by atoms with van der Waals surface area (Å²) in [6.45, 7) is 5.45. The summed E-state index contributed by atoms with van der Waals surface area (Å²) < 4.78 is 37.5. The molecule has 11 nitrogen and oxygen atoms in total. The number of carboxylic acid groups (broad SMARTS) is 1. The SMILES string of the molecule is O=C(O)CCOCCOCCOCCOCCOCCOCCNC(=O)OC1CC/C=C\CCC1. The molecule has 0 aromatic carbocycles. The van der Waals surface area contributed by atoms with Gasteiger partial charge in [0.25, 0.3) is 0 Å². The lowest BCUT2D eigenvalue weighted by Crippen LogP contribution is -2.31. The number of carbonyl (C=O) groups is 2. The Bertz CT molecular complexity index is 546. The summed E-state index contributed by atoms with van der Waals surface area (Å²) in [5.41, 5.74) is 0. The van der Waals surface area contributed by atoms with Crippen molar-refractivity contribution in [1.29, 1.82) is 0 Å². The molecule has 11 heteroatoms. The molecule has 0 aromatic heterocycles. The lowest BCUT2D eigenvalue weighted by atomic mass is 10.0. The molecule has 1 atom stereocenters. The monoisotopic (exact) mass is 505 g/mol. The molecule has 1 aliphatic carbocycles. The molecule has 0 fully saturated rings. The van der Waals surface area contributed by atoms with Gasteiger partial charge in [-0.3, -0.25) is 4.79 Å². The van der Waals surface area contributed by atoms with E-state index in [1.165, 1.54) is 0 Å². The second kappa shape index (κ2) is 24.0. The standard InChI is InChI=1S/C24H43NO10/c26-23(27)8-10-29-12-14-31-16-18-33-20-21-34-19-17-32-15-13-30-11-9-25-24(28)35-22-6-4-2-1-3-5-7-22/h1-2,22H,3-21H2,(H,25,28)(H,26,27)/b2-1-. The molecule has 0 bridgehead atoms. The van der Waals surface area contributed by atoms with Crippen molar-refractivity contribution >= 4 is 12.1 Å². The number of aliphatic carboxylic acids is 1. The molecule has 0 heterocycles. The van der Waals surface area contributed by atoms with Gasteiger partial charge in [0.05, 0.1) is 85.7 Å². The number of ether oxygens (including phenoxy) is 7. The predicted molar refractivity (Wildman–Crippen MR) is 128 cm³/mol. The summed E-state index contributed by atoms with van der Waals surface area (Å²) in [6, 6.07) is 0. The minimum Gasteiger partial charge on any atom is -0.481 e. The molecule has 1 aliphatic rings. The van der Waals surface area contributed by atoms with E-state index in [4.69, 9.17) is 38.3 Å². The predicted octanol–water partition coefficient (Wildman–Crippen LogP) is 2.18. The Kier molecular flexibility index (Phi) is 21.4. The van der Waals surface area contributed by atoms with E-state index in [0.717, 1.165) is 32.1 Å². The second-order valence-electron chi connectivity index (χ2n) is 7.75. The van der Waals surface area contributed by atoms with Crippen molar-refractivity contribution in [1.82, 2.24) is 5.32 Å². The largest absolute Gasteiger partial charge is 0.481 e. The van der Waals surface area contributed by atoms with E-state index in [-0.39, 0.29) is 25.2 Å². The highest BCUT2D eigenvalue weighted by molar-refractivity contribution is 5.67. The summed E-state index contributed by atoms with van der Waals surface area (Å²) in [4.78, 5) is 22.1. The lowest BCUT2D eigenvalue weighted by Gasteiger charge is -2.18. The highest BCUT2D eigenvalue weighted by atomic mass is 16.6. The maximum Gasteiger partial charge on any atom is 0.407 e. The number of amides is 1. The number of hydrogen-bond donors (Lipinski definition) is 2. The molecular formula is C24H43NO10. The smallest absolute Gasteiger partial charge is 0.407 e. The molecule has 0 aliphatic heterocycles. The number of rotatable bonds is 22. The third kappa shape index (κ3) is 22.4. The molecule has 35 heavy (non-hydrogen) atoms. The van der Waals surface area contributed by atoms with E-state index in [9.17, 15) is 9.59 Å². The molecule has 0 spiro atoms. The van der Waals surface area contributed by atoms with Gasteiger partial charge in [0.2, 0.25) is 0 Å². The summed E-state index contributed by atoms with van der Waals surface area (Å²) in [6.07, 6.45) is 8.78. The molecule has 204 valence electrons. The van der Waals surface area contributed by atoms with Crippen LogP contribution in [0.15, 0.2) is 12.2 Å². The van der Waals surface area contributed by atoms with E-state index >= 15 is 0 Å². The van der Waals surface area contributed by atoms with Gasteiger partial charge in [-0.05, 0) is 32.1 Å². The summed E-state index contributed by atoms with van der Waals surface area (Å²) in [7, 11) is 0. The van der Waals surface area contributed by atoms with Gasteiger partial charge >= 0.3 is 12.1 Å². The summed E-state index contributed by atoms with van der Waals surface area (Å²) >= 11 is 0. The van der Waals surface area contributed by atoms with E-state index in [0.29, 0.717) is 79.2 Å². The van der Waals surface area contributed by atoms with Crippen LogP contribution in [-0.2, 0) is 38.0 Å². The number of carboxylic acids is 1. The van der Waals surface area contributed by atoms with Gasteiger partial charge in [-0.2, -0.15) is 0 Å². The highest BCUT2D eigenvalue weighted by Gasteiger charge is 2.14. The first-order valence-electron chi connectivity index (χ1n) is 12.5. The van der Waals surface area contributed by atoms with Gasteiger partial charge in [-0.25, -0.2) is 4.79 Å². The van der Waals surface area contributed by atoms with Crippen LogP contribution < -0.4 is 5.32 Å². The first-order chi connectivity index (χ1) is 17.2. The number of carbonyl (C=O) groups excluding carboxylic acids is 1.